The molecule has 41 heavy (non-hydrogen) atoms. The zero-order chi connectivity index (χ0) is 30.5. The average Bonchev–Trinajstić information content (AvgIpc) is 3.18. The Morgan fingerprint density at radius 3 is 1.46 bits per heavy atom. The highest BCUT2D eigenvalue weighted by Crippen LogP contribution is 2.41. The van der Waals surface area contributed by atoms with Crippen LogP contribution in [0, 0.1) is 5.92 Å². The van der Waals surface area contributed by atoms with Crippen LogP contribution in [-0.4, -0.2) is 17.5 Å². The highest BCUT2D eigenvalue weighted by molar-refractivity contribution is 7.80. The van der Waals surface area contributed by atoms with Crippen molar-refractivity contribution in [2.45, 2.75) is 57.9 Å². The molecule has 0 saturated carbocycles. The fourth-order valence-corrected chi connectivity index (χ4v) is 7.17. The van der Waals surface area contributed by atoms with Crippen molar-refractivity contribution in [3.05, 3.63) is 89.0 Å². The lowest BCUT2D eigenvalue weighted by Crippen LogP contribution is -2.37. The van der Waals surface area contributed by atoms with Gasteiger partial charge in [0.05, 0.1) is 22.7 Å². The fraction of sp³-hybridized carbons (Fsp3) is 0.345. The van der Waals surface area contributed by atoms with Crippen molar-refractivity contribution in [1.29, 1.82) is 0 Å². The zero-order valence-electron chi connectivity index (χ0n) is 22.2. The molecule has 1 atom stereocenters. The van der Waals surface area contributed by atoms with Crippen LogP contribution in [0.3, 0.4) is 0 Å². The minimum atomic E-state index is -4.73. The molecule has 220 valence electrons. The predicted molar refractivity (Wildman–Crippen MR) is 140 cm³/mol. The second-order valence-corrected chi connectivity index (χ2v) is 12.7. The quantitative estimate of drug-likeness (QED) is 0.213. The summed E-state index contributed by atoms with van der Waals surface area (Å²) in [5, 5.41) is 0.811. The third-order valence-corrected chi connectivity index (χ3v) is 9.16. The number of halogens is 9. The lowest BCUT2D eigenvalue weighted by molar-refractivity contribution is -0.138. The number of ether oxygens (including phenoxy) is 1. The minimum Gasteiger partial charge on any atom is -0.469 e. The van der Waals surface area contributed by atoms with Gasteiger partial charge in [-0.3, -0.25) is 0 Å². The van der Waals surface area contributed by atoms with Crippen LogP contribution >= 0.6 is 7.92 Å². The highest BCUT2D eigenvalue weighted by Gasteiger charge is 2.42. The topological polar surface area (TPSA) is 21.6 Å². The second kappa shape index (κ2) is 10.6. The van der Waals surface area contributed by atoms with E-state index in [1.165, 1.54) is 30.3 Å². The Balaban J connectivity index is 1.97. The van der Waals surface area contributed by atoms with Gasteiger partial charge in [0.1, 0.15) is 5.60 Å². The summed E-state index contributed by atoms with van der Waals surface area (Å²) in [5.41, 5.74) is -3.78. The maximum atomic E-state index is 13.8. The normalized spacial score (nSPS) is 17.6. The molecule has 1 heterocycles. The van der Waals surface area contributed by atoms with Crippen LogP contribution in [0.4, 0.5) is 39.5 Å². The Labute approximate surface area is 232 Å². The van der Waals surface area contributed by atoms with E-state index in [1.54, 1.807) is 13.8 Å². The summed E-state index contributed by atoms with van der Waals surface area (Å²) >= 11 is 0. The molecule has 1 aliphatic heterocycles. The number of hydrogen-bond acceptors (Lipinski definition) is 2. The summed E-state index contributed by atoms with van der Waals surface area (Å²) in [6.45, 7) is 7.26. The summed E-state index contributed by atoms with van der Waals surface area (Å²) in [6, 6.07) is 10.6. The molecule has 3 aromatic rings. The molecule has 3 aromatic carbocycles. The lowest BCUT2D eigenvalue weighted by atomic mass is 9.90. The molecule has 0 saturated heterocycles. The highest BCUT2D eigenvalue weighted by atomic mass is 31.1. The minimum absolute atomic E-state index is 0.0260. The van der Waals surface area contributed by atoms with Gasteiger partial charge < -0.3 is 4.74 Å². The molecular formula is C29H25F9NOP. The Hall–Kier alpha value is -3.07. The molecule has 0 N–H and O–H groups in total. The van der Waals surface area contributed by atoms with Crippen LogP contribution in [0.2, 0.25) is 0 Å². The number of alkyl halides is 9. The van der Waals surface area contributed by atoms with Crippen molar-refractivity contribution in [3.8, 4) is 0 Å². The van der Waals surface area contributed by atoms with E-state index >= 15 is 0 Å². The van der Waals surface area contributed by atoms with E-state index in [4.69, 9.17) is 4.74 Å². The predicted octanol–water partition coefficient (Wildman–Crippen LogP) is 8.08. The molecule has 0 fully saturated rings. The third-order valence-electron chi connectivity index (χ3n) is 6.66. The maximum absolute atomic E-state index is 13.8. The molecule has 1 aliphatic rings. The molecule has 0 bridgehead atoms. The SMILES string of the molecule is CC(C)[C@H]1N=C(c2cc(C(F)(F)F)ccc2P(c2ccc(C(F)(F)F)cc2)c2ccc(C(F)(F)F)cc2)OC1(C)C. The Morgan fingerprint density at radius 1 is 0.683 bits per heavy atom. The number of hydrogen-bond donors (Lipinski definition) is 0. The lowest BCUT2D eigenvalue weighted by Gasteiger charge is -2.28. The molecule has 0 unspecified atom stereocenters. The van der Waals surface area contributed by atoms with Crippen LogP contribution in [0.25, 0.3) is 0 Å². The average molecular weight is 605 g/mol. The monoisotopic (exact) mass is 605 g/mol. The third kappa shape index (κ3) is 6.55. The van der Waals surface area contributed by atoms with Crippen molar-refractivity contribution in [3.63, 3.8) is 0 Å². The van der Waals surface area contributed by atoms with Crippen LogP contribution in [0.1, 0.15) is 49.9 Å². The molecular weight excluding hydrogens is 580 g/mol. The van der Waals surface area contributed by atoms with Crippen LogP contribution in [0.15, 0.2) is 71.7 Å². The zero-order valence-corrected chi connectivity index (χ0v) is 23.1. The molecule has 0 radical (unpaired) electrons. The van der Waals surface area contributed by atoms with Gasteiger partial charge in [-0.25, -0.2) is 4.99 Å². The molecule has 0 aliphatic carbocycles. The van der Waals surface area contributed by atoms with Crippen LogP contribution < -0.4 is 15.9 Å². The summed E-state index contributed by atoms with van der Waals surface area (Å²) in [5.74, 6) is -0.107. The Morgan fingerprint density at radius 2 is 1.10 bits per heavy atom. The molecule has 4 rings (SSSR count). The molecule has 12 heteroatoms. The first kappa shape index (κ1) is 30.9. The first-order chi connectivity index (χ1) is 18.8. The standard InChI is InChI=1S/C29H25F9NOP/c1-16(2)24-26(3,4)40-25(39-24)22-15-19(29(36,37)38)9-14-23(22)41(20-10-5-17(6-11-20)27(30,31)32)21-12-7-18(8-13-21)28(33,34)35/h5-16,24H,1-4H3/t24-/m1/s1. The Kier molecular flexibility index (Phi) is 8.02. The summed E-state index contributed by atoms with van der Waals surface area (Å²) in [7, 11) is -1.95. The van der Waals surface area contributed by atoms with Gasteiger partial charge in [0.25, 0.3) is 0 Å². The van der Waals surface area contributed by atoms with E-state index < -0.39 is 54.8 Å². The number of aliphatic imine (C=N–C) groups is 1. The van der Waals surface area contributed by atoms with Crippen LogP contribution in [0.5, 0.6) is 0 Å². The van der Waals surface area contributed by atoms with Gasteiger partial charge in [-0.15, -0.1) is 0 Å². The molecule has 0 spiro atoms. The number of benzene rings is 3. The number of nitrogens with zero attached hydrogens (tertiary/aromatic N) is 1. The second-order valence-electron chi connectivity index (χ2n) is 10.5. The van der Waals surface area contributed by atoms with Gasteiger partial charge in [-0.05, 0) is 80.0 Å². The maximum Gasteiger partial charge on any atom is 0.416 e. The van der Waals surface area contributed by atoms with Crippen molar-refractivity contribution >= 4 is 29.7 Å². The summed E-state index contributed by atoms with van der Waals surface area (Å²) in [6.07, 6.45) is -14.0. The van der Waals surface area contributed by atoms with Gasteiger partial charge in [0.2, 0.25) is 5.90 Å². The van der Waals surface area contributed by atoms with Crippen molar-refractivity contribution in [2.75, 3.05) is 0 Å². The van der Waals surface area contributed by atoms with Gasteiger partial charge in [-0.1, -0.05) is 44.2 Å². The van der Waals surface area contributed by atoms with Gasteiger partial charge >= 0.3 is 18.5 Å². The summed E-state index contributed by atoms with van der Waals surface area (Å²) < 4.78 is 127. The van der Waals surface area contributed by atoms with E-state index in [0.29, 0.717) is 0 Å². The smallest absolute Gasteiger partial charge is 0.416 e. The van der Waals surface area contributed by atoms with Gasteiger partial charge in [0, 0.05) is 5.56 Å². The van der Waals surface area contributed by atoms with Crippen molar-refractivity contribution < 1.29 is 44.3 Å². The fourth-order valence-electron chi connectivity index (χ4n) is 4.80. The van der Waals surface area contributed by atoms with Gasteiger partial charge in [0.15, 0.2) is 0 Å². The largest absolute Gasteiger partial charge is 0.469 e. The first-order valence-corrected chi connectivity index (χ1v) is 13.8. The van der Waals surface area contributed by atoms with Crippen molar-refractivity contribution in [2.24, 2.45) is 10.9 Å². The van der Waals surface area contributed by atoms with Gasteiger partial charge in [-0.2, -0.15) is 39.5 Å². The molecule has 0 amide bonds. The summed E-state index contributed by atoms with van der Waals surface area (Å²) in [4.78, 5) is 4.60. The van der Waals surface area contributed by atoms with E-state index in [2.05, 4.69) is 4.99 Å². The Bertz CT molecular complexity index is 1360. The van der Waals surface area contributed by atoms with E-state index in [-0.39, 0.29) is 33.3 Å². The number of rotatable bonds is 5. The first-order valence-electron chi connectivity index (χ1n) is 12.4. The van der Waals surface area contributed by atoms with E-state index in [9.17, 15) is 39.5 Å². The van der Waals surface area contributed by atoms with Crippen molar-refractivity contribution in [1.82, 2.24) is 0 Å². The molecule has 2 nitrogen and oxygen atoms in total. The van der Waals surface area contributed by atoms with E-state index in [1.807, 2.05) is 13.8 Å². The molecule has 0 aromatic heterocycles. The van der Waals surface area contributed by atoms with E-state index in [0.717, 1.165) is 36.4 Å². The van der Waals surface area contributed by atoms with Crippen LogP contribution in [-0.2, 0) is 23.3 Å².